The van der Waals surface area contributed by atoms with Gasteiger partial charge in [0.15, 0.2) is 5.96 Å². The van der Waals surface area contributed by atoms with Crippen LogP contribution in [0.5, 0.6) is 0 Å². The van der Waals surface area contributed by atoms with Gasteiger partial charge in [-0.2, -0.15) is 0 Å². The first kappa shape index (κ1) is 30.0. The zero-order valence-corrected chi connectivity index (χ0v) is 26.2. The van der Waals surface area contributed by atoms with E-state index in [4.69, 9.17) is 9.73 Å². The van der Waals surface area contributed by atoms with Gasteiger partial charge < -0.3 is 20.1 Å². The van der Waals surface area contributed by atoms with Crippen molar-refractivity contribution < 1.29 is 14.2 Å². The molecule has 2 N–H and O–H groups in total. The van der Waals surface area contributed by atoms with Crippen LogP contribution < -0.4 is 10.9 Å². The average Bonchev–Trinajstić information content (AvgIpc) is 2.99. The summed E-state index contributed by atoms with van der Waals surface area (Å²) in [5, 5.41) is 15.4. The molecule has 0 amide bonds. The molecule has 2 bridgehead atoms. The van der Waals surface area contributed by atoms with E-state index < -0.39 is 11.2 Å². The summed E-state index contributed by atoms with van der Waals surface area (Å²) in [4.78, 5) is 25.5. The quantitative estimate of drug-likeness (QED) is 0.325. The van der Waals surface area contributed by atoms with E-state index in [1.807, 2.05) is 31.2 Å². The Morgan fingerprint density at radius 1 is 1.21 bits per heavy atom. The molecule has 1 saturated heterocycles. The first-order valence-electron chi connectivity index (χ1n) is 15.9. The number of hydrogen-bond donors (Lipinski definition) is 2. The number of methoxy groups -OCH3 is 1. The van der Waals surface area contributed by atoms with Crippen LogP contribution in [0.1, 0.15) is 72.6 Å². The fraction of sp³-hybridized carbons (Fsp3) is 0.618. The van der Waals surface area contributed by atoms with E-state index in [0.29, 0.717) is 47.7 Å². The van der Waals surface area contributed by atoms with E-state index in [-0.39, 0.29) is 29.3 Å². The van der Waals surface area contributed by atoms with E-state index in [2.05, 4.69) is 36.0 Å². The maximum atomic E-state index is 14.7. The molecule has 2 aromatic rings. The van der Waals surface area contributed by atoms with E-state index in [9.17, 15) is 14.3 Å². The third kappa shape index (κ3) is 5.43. The number of benzene rings is 1. The van der Waals surface area contributed by atoms with E-state index in [1.54, 1.807) is 24.1 Å². The first-order chi connectivity index (χ1) is 20.4. The lowest BCUT2D eigenvalue weighted by Gasteiger charge is -2.66. The highest BCUT2D eigenvalue weighted by atomic mass is 19.1. The van der Waals surface area contributed by atoms with Crippen LogP contribution in [0.2, 0.25) is 0 Å². The highest BCUT2D eigenvalue weighted by Crippen LogP contribution is 2.64. The number of aliphatic hydroxyl groups is 1. The summed E-state index contributed by atoms with van der Waals surface area (Å²) >= 11 is 0. The number of fused-ring (bicyclic) bond motifs is 3. The molecule has 1 aromatic carbocycles. The molecule has 5 atom stereocenters. The second-order valence-electron chi connectivity index (χ2n) is 14.0. The van der Waals surface area contributed by atoms with Crippen molar-refractivity contribution in [1.29, 1.82) is 0 Å². The van der Waals surface area contributed by atoms with Gasteiger partial charge in [-0.3, -0.25) is 9.36 Å². The Hall–Kier alpha value is -3.04. The molecule has 4 aliphatic carbocycles. The summed E-state index contributed by atoms with van der Waals surface area (Å²) in [5.41, 5.74) is 0.518. The Bertz CT molecular complexity index is 1540. The molecule has 43 heavy (non-hydrogen) atoms. The Morgan fingerprint density at radius 2 is 1.98 bits per heavy atom. The third-order valence-electron chi connectivity index (χ3n) is 11.1. The van der Waals surface area contributed by atoms with Crippen LogP contribution in [0.25, 0.3) is 10.9 Å². The number of rotatable bonds is 6. The molecule has 8 nitrogen and oxygen atoms in total. The van der Waals surface area contributed by atoms with Crippen molar-refractivity contribution in [2.75, 3.05) is 25.5 Å². The maximum absolute atomic E-state index is 14.7. The molecule has 0 radical (unpaired) electrons. The third-order valence-corrected chi connectivity index (χ3v) is 11.1. The second kappa shape index (κ2) is 11.1. The zero-order chi connectivity index (χ0) is 30.6. The minimum atomic E-state index is -0.655. The Morgan fingerprint density at radius 3 is 2.67 bits per heavy atom. The highest BCUT2D eigenvalue weighted by molar-refractivity contribution is 5.96. The molecule has 0 spiro atoms. The second-order valence-corrected chi connectivity index (χ2v) is 14.0. The molecule has 7 rings (SSSR count). The summed E-state index contributed by atoms with van der Waals surface area (Å²) in [6.07, 6.45) is 10.8. The van der Waals surface area contributed by atoms with Crippen molar-refractivity contribution in [3.63, 3.8) is 0 Å². The van der Waals surface area contributed by atoms with Gasteiger partial charge in [0.25, 0.3) is 5.56 Å². The molecule has 1 aliphatic heterocycles. The number of hydrogen-bond acceptors (Lipinski definition) is 5. The molecular weight excluding hydrogens is 545 g/mol. The Labute approximate surface area is 253 Å². The summed E-state index contributed by atoms with van der Waals surface area (Å²) in [6.45, 7) is 10.7. The largest absolute Gasteiger partial charge is 0.389 e. The minimum Gasteiger partial charge on any atom is -0.389 e. The van der Waals surface area contributed by atoms with Crippen molar-refractivity contribution in [3.8, 4) is 0 Å². The molecular formula is C34H46FN5O3. The van der Waals surface area contributed by atoms with Crippen molar-refractivity contribution in [2.24, 2.45) is 22.2 Å². The van der Waals surface area contributed by atoms with Gasteiger partial charge in [-0.05, 0) is 86.5 Å². The molecule has 232 valence electrons. The van der Waals surface area contributed by atoms with E-state index >= 15 is 0 Å². The van der Waals surface area contributed by atoms with Gasteiger partial charge >= 0.3 is 0 Å². The number of ether oxygens (including phenoxy) is 1. The number of aromatic nitrogens is 2. The van der Waals surface area contributed by atoms with E-state index in [1.165, 1.54) is 6.42 Å². The lowest BCUT2D eigenvalue weighted by atomic mass is 9.42. The van der Waals surface area contributed by atoms with Crippen LogP contribution in [0.4, 0.5) is 10.1 Å². The molecule has 3 saturated carbocycles. The van der Waals surface area contributed by atoms with Gasteiger partial charge in [-0.25, -0.2) is 14.4 Å². The molecule has 4 fully saturated rings. The highest BCUT2D eigenvalue weighted by Gasteiger charge is 2.65. The van der Waals surface area contributed by atoms with Crippen molar-refractivity contribution in [1.82, 2.24) is 14.5 Å². The number of guanidine groups is 1. The number of halogens is 1. The molecule has 1 aromatic heterocycles. The number of likely N-dealkylation sites (tertiary alicyclic amines) is 1. The van der Waals surface area contributed by atoms with Gasteiger partial charge in [0.05, 0.1) is 34.5 Å². The smallest absolute Gasteiger partial charge is 0.261 e. The molecule has 5 aliphatic rings. The Balaban J connectivity index is 1.21. The SMILES string of the molecule is COC1(C)C=CC(CCn2cnc3cc(NC(=NC4C[C@]5(O)CC([C@@H]4C)C5(C)C)N4CCCCC4)ccc3c2=O)=C(F)C1. The van der Waals surface area contributed by atoms with Gasteiger partial charge in [-0.15, -0.1) is 0 Å². The lowest BCUT2D eigenvalue weighted by Crippen LogP contribution is -2.69. The van der Waals surface area contributed by atoms with Crippen LogP contribution in [0.15, 0.2) is 57.9 Å². The topological polar surface area (TPSA) is 92.0 Å². The number of aliphatic imine (C=N–C) groups is 1. The number of piperidine rings is 1. The minimum absolute atomic E-state index is 0.0502. The number of anilines is 1. The van der Waals surface area contributed by atoms with Crippen molar-refractivity contribution in [2.45, 2.75) is 96.4 Å². The van der Waals surface area contributed by atoms with E-state index in [0.717, 1.165) is 44.0 Å². The van der Waals surface area contributed by atoms with Gasteiger partial charge in [0, 0.05) is 38.9 Å². The summed E-state index contributed by atoms with van der Waals surface area (Å²) < 4.78 is 21.7. The fourth-order valence-electron chi connectivity index (χ4n) is 7.68. The van der Waals surface area contributed by atoms with Crippen molar-refractivity contribution in [3.05, 3.63) is 58.4 Å². The average molecular weight is 592 g/mol. The number of nitrogens with one attached hydrogen (secondary N) is 1. The predicted octanol–water partition coefficient (Wildman–Crippen LogP) is 5.81. The molecule has 9 heteroatoms. The Kier molecular flexibility index (Phi) is 7.78. The predicted molar refractivity (Wildman–Crippen MR) is 169 cm³/mol. The number of nitrogens with zero attached hydrogens (tertiary/aromatic N) is 4. The van der Waals surface area contributed by atoms with Crippen LogP contribution in [0, 0.1) is 17.3 Å². The zero-order valence-electron chi connectivity index (χ0n) is 26.2. The molecule has 3 unspecified atom stereocenters. The summed E-state index contributed by atoms with van der Waals surface area (Å²) in [7, 11) is 1.58. The standard InChI is InChI=1S/C34H46FN5O3/c1-22-26-18-34(42,32(26,2)3)20-29(22)38-31(39-14-7-6-8-15-39)37-24-9-10-25-28(17-24)36-21-40(30(25)41)16-12-23-11-13-33(4,43-5)19-27(23)35/h9-11,13,17,21-22,26,29,42H,6-8,12,14-16,18-20H2,1-5H3,(H,37,38)/t22-,26?,29?,33?,34+/m0/s1. The monoisotopic (exact) mass is 591 g/mol. The summed E-state index contributed by atoms with van der Waals surface area (Å²) in [6, 6.07) is 5.67. The van der Waals surface area contributed by atoms with Gasteiger partial charge in [0.2, 0.25) is 0 Å². The number of aryl methyl sites for hydroxylation is 1. The van der Waals surface area contributed by atoms with Crippen LogP contribution >= 0.6 is 0 Å². The van der Waals surface area contributed by atoms with Crippen LogP contribution in [-0.2, 0) is 11.3 Å². The van der Waals surface area contributed by atoms with Crippen molar-refractivity contribution >= 4 is 22.5 Å². The lowest BCUT2D eigenvalue weighted by molar-refractivity contribution is -0.246. The number of allylic oxidation sites excluding steroid dienone is 2. The normalized spacial score (nSPS) is 32.2. The van der Waals surface area contributed by atoms with Gasteiger partial charge in [-0.1, -0.05) is 32.9 Å². The van der Waals surface area contributed by atoms with Gasteiger partial charge in [0.1, 0.15) is 5.83 Å². The molecule has 2 heterocycles. The maximum Gasteiger partial charge on any atom is 0.261 e. The first-order valence-corrected chi connectivity index (χ1v) is 15.9. The van der Waals surface area contributed by atoms with Crippen LogP contribution in [0.3, 0.4) is 0 Å². The fourth-order valence-corrected chi connectivity index (χ4v) is 7.68. The van der Waals surface area contributed by atoms with Crippen LogP contribution in [-0.4, -0.2) is 63.0 Å². The summed E-state index contributed by atoms with van der Waals surface area (Å²) in [5.74, 6) is 1.49.